The van der Waals surface area contributed by atoms with E-state index in [1.54, 1.807) is 24.1 Å². The largest absolute Gasteiger partial charge is 0.337 e. The molecule has 0 bridgehead atoms. The van der Waals surface area contributed by atoms with E-state index in [2.05, 4.69) is 15.3 Å². The summed E-state index contributed by atoms with van der Waals surface area (Å²) in [4.78, 5) is 22.3. The molecule has 1 aromatic heterocycles. The van der Waals surface area contributed by atoms with Gasteiger partial charge in [0.1, 0.15) is 5.82 Å². The molecule has 0 aliphatic carbocycles. The molecule has 0 spiro atoms. The Labute approximate surface area is 145 Å². The van der Waals surface area contributed by atoms with Gasteiger partial charge in [-0.1, -0.05) is 30.3 Å². The Hall–Kier alpha value is -3.28. The zero-order valence-electron chi connectivity index (χ0n) is 13.7. The van der Waals surface area contributed by atoms with Gasteiger partial charge in [-0.3, -0.25) is 4.79 Å². The Balaban J connectivity index is 1.64. The molecule has 0 aliphatic rings. The number of aromatic nitrogens is 2. The smallest absolute Gasteiger partial charge is 0.257 e. The Morgan fingerprint density at radius 3 is 2.32 bits per heavy atom. The van der Waals surface area contributed by atoms with Crippen LogP contribution in [0.4, 0.5) is 16.0 Å². The number of amides is 1. The zero-order valence-corrected chi connectivity index (χ0v) is 13.7. The maximum atomic E-state index is 12.9. The maximum absolute atomic E-state index is 12.9. The maximum Gasteiger partial charge on any atom is 0.257 e. The summed E-state index contributed by atoms with van der Waals surface area (Å²) >= 11 is 0. The van der Waals surface area contributed by atoms with Gasteiger partial charge in [0.05, 0.1) is 5.56 Å². The van der Waals surface area contributed by atoms with Crippen molar-refractivity contribution in [3.8, 4) is 0 Å². The molecule has 2 aromatic carbocycles. The molecule has 126 valence electrons. The molecule has 0 unspecified atom stereocenters. The fourth-order valence-electron chi connectivity index (χ4n) is 2.31. The van der Waals surface area contributed by atoms with Crippen molar-refractivity contribution in [2.75, 3.05) is 12.4 Å². The second kappa shape index (κ2) is 7.53. The third-order valence-corrected chi connectivity index (χ3v) is 3.61. The van der Waals surface area contributed by atoms with Crippen LogP contribution >= 0.6 is 0 Å². The normalized spacial score (nSPS) is 10.3. The highest BCUT2D eigenvalue weighted by molar-refractivity contribution is 5.93. The Morgan fingerprint density at radius 1 is 1.04 bits per heavy atom. The van der Waals surface area contributed by atoms with Gasteiger partial charge in [0.15, 0.2) is 0 Å². The van der Waals surface area contributed by atoms with Gasteiger partial charge in [0, 0.05) is 31.7 Å². The number of carbonyl (C=O) groups excluding carboxylic acids is 1. The lowest BCUT2D eigenvalue weighted by atomic mass is 10.2. The molecule has 0 radical (unpaired) electrons. The summed E-state index contributed by atoms with van der Waals surface area (Å²) in [6, 6.07) is 15.6. The van der Waals surface area contributed by atoms with Gasteiger partial charge >= 0.3 is 0 Å². The molecule has 1 heterocycles. The molecule has 3 aromatic rings. The van der Waals surface area contributed by atoms with Crippen molar-refractivity contribution in [3.05, 3.63) is 83.9 Å². The number of hydrogen-bond donors (Lipinski definition) is 1. The fourth-order valence-corrected chi connectivity index (χ4v) is 2.31. The molecule has 1 amide bonds. The summed E-state index contributed by atoms with van der Waals surface area (Å²) in [5.41, 5.74) is 2.12. The minimum atomic E-state index is -0.311. The molecule has 0 atom stereocenters. The van der Waals surface area contributed by atoms with Crippen LogP contribution in [-0.4, -0.2) is 27.8 Å². The minimum absolute atomic E-state index is 0.155. The van der Waals surface area contributed by atoms with Crippen LogP contribution in [0.25, 0.3) is 0 Å². The highest BCUT2D eigenvalue weighted by Crippen LogP contribution is 2.14. The number of nitrogens with zero attached hydrogens (tertiary/aromatic N) is 3. The van der Waals surface area contributed by atoms with E-state index in [0.29, 0.717) is 23.7 Å². The molecule has 1 N–H and O–H groups in total. The van der Waals surface area contributed by atoms with Gasteiger partial charge < -0.3 is 10.2 Å². The molecule has 25 heavy (non-hydrogen) atoms. The van der Waals surface area contributed by atoms with Crippen molar-refractivity contribution in [2.45, 2.75) is 6.54 Å². The summed E-state index contributed by atoms with van der Waals surface area (Å²) in [5, 5.41) is 2.95. The molecule has 0 saturated heterocycles. The Kier molecular flexibility index (Phi) is 4.99. The van der Waals surface area contributed by atoms with Crippen LogP contribution in [0.15, 0.2) is 67.0 Å². The van der Waals surface area contributed by atoms with E-state index in [1.165, 1.54) is 24.5 Å². The zero-order chi connectivity index (χ0) is 17.6. The number of benzene rings is 2. The van der Waals surface area contributed by atoms with E-state index in [-0.39, 0.29) is 11.7 Å². The van der Waals surface area contributed by atoms with Crippen LogP contribution in [0.5, 0.6) is 0 Å². The number of hydrogen-bond acceptors (Lipinski definition) is 4. The van der Waals surface area contributed by atoms with Gasteiger partial charge in [-0.15, -0.1) is 0 Å². The Morgan fingerprint density at radius 2 is 1.68 bits per heavy atom. The first-order valence-electron chi connectivity index (χ1n) is 7.76. The summed E-state index contributed by atoms with van der Waals surface area (Å²) in [6.07, 6.45) is 2.95. The lowest BCUT2D eigenvalue weighted by Gasteiger charge is -2.17. The molecule has 5 nitrogen and oxygen atoms in total. The van der Waals surface area contributed by atoms with E-state index in [4.69, 9.17) is 0 Å². The standard InChI is InChI=1S/C19H17FN4O/c1-24(13-14-5-3-2-4-6-14)18(25)15-11-21-19(22-12-15)23-17-9-7-16(20)8-10-17/h2-12H,13H2,1H3,(H,21,22,23). The van der Waals surface area contributed by atoms with Crippen LogP contribution in [0.2, 0.25) is 0 Å². The van der Waals surface area contributed by atoms with Crippen molar-refractivity contribution in [1.82, 2.24) is 14.9 Å². The number of nitrogens with one attached hydrogen (secondary N) is 1. The van der Waals surface area contributed by atoms with E-state index in [1.807, 2.05) is 30.3 Å². The van der Waals surface area contributed by atoms with E-state index in [0.717, 1.165) is 5.56 Å². The van der Waals surface area contributed by atoms with E-state index >= 15 is 0 Å². The highest BCUT2D eigenvalue weighted by Gasteiger charge is 2.13. The van der Waals surface area contributed by atoms with Crippen LogP contribution in [0.3, 0.4) is 0 Å². The van der Waals surface area contributed by atoms with Gasteiger partial charge in [-0.2, -0.15) is 0 Å². The van der Waals surface area contributed by atoms with Crippen molar-refractivity contribution in [3.63, 3.8) is 0 Å². The van der Waals surface area contributed by atoms with Gasteiger partial charge in [-0.05, 0) is 29.8 Å². The van der Waals surface area contributed by atoms with Crippen molar-refractivity contribution in [1.29, 1.82) is 0 Å². The summed E-state index contributed by atoms with van der Waals surface area (Å²) in [7, 11) is 1.74. The predicted octanol–water partition coefficient (Wildman–Crippen LogP) is 3.63. The molecule has 3 rings (SSSR count). The first-order chi connectivity index (χ1) is 12.1. The molecule has 0 saturated carbocycles. The van der Waals surface area contributed by atoms with Crippen LogP contribution in [0.1, 0.15) is 15.9 Å². The van der Waals surface area contributed by atoms with E-state index < -0.39 is 0 Å². The predicted molar refractivity (Wildman–Crippen MR) is 94.0 cm³/mol. The first-order valence-corrected chi connectivity index (χ1v) is 7.76. The van der Waals surface area contributed by atoms with Crippen molar-refractivity contribution in [2.24, 2.45) is 0 Å². The van der Waals surface area contributed by atoms with Crippen molar-refractivity contribution >= 4 is 17.5 Å². The van der Waals surface area contributed by atoms with Crippen molar-refractivity contribution < 1.29 is 9.18 Å². The van der Waals surface area contributed by atoms with Crippen LogP contribution in [0, 0.1) is 5.82 Å². The second-order valence-corrected chi connectivity index (χ2v) is 5.57. The average Bonchev–Trinajstić information content (AvgIpc) is 2.64. The first kappa shape index (κ1) is 16.6. The highest BCUT2D eigenvalue weighted by atomic mass is 19.1. The number of rotatable bonds is 5. The Bertz CT molecular complexity index is 836. The summed E-state index contributed by atoms with van der Waals surface area (Å²) < 4.78 is 12.9. The number of anilines is 2. The summed E-state index contributed by atoms with van der Waals surface area (Å²) in [5.74, 6) is -0.125. The number of carbonyl (C=O) groups is 1. The van der Waals surface area contributed by atoms with Gasteiger partial charge in [0.2, 0.25) is 5.95 Å². The van der Waals surface area contributed by atoms with Gasteiger partial charge in [-0.25, -0.2) is 14.4 Å². The van der Waals surface area contributed by atoms with Crippen LogP contribution < -0.4 is 5.32 Å². The number of halogens is 1. The quantitative estimate of drug-likeness (QED) is 0.773. The third-order valence-electron chi connectivity index (χ3n) is 3.61. The van der Waals surface area contributed by atoms with Crippen LogP contribution in [-0.2, 0) is 6.54 Å². The monoisotopic (exact) mass is 336 g/mol. The summed E-state index contributed by atoms with van der Waals surface area (Å²) in [6.45, 7) is 0.509. The SMILES string of the molecule is CN(Cc1ccccc1)C(=O)c1cnc(Nc2ccc(F)cc2)nc1. The van der Waals surface area contributed by atoms with Gasteiger partial charge in [0.25, 0.3) is 5.91 Å². The second-order valence-electron chi connectivity index (χ2n) is 5.57. The topological polar surface area (TPSA) is 58.1 Å². The third kappa shape index (κ3) is 4.38. The molecular formula is C19H17FN4O. The molecule has 6 heteroatoms. The lowest BCUT2D eigenvalue weighted by Crippen LogP contribution is -2.26. The minimum Gasteiger partial charge on any atom is -0.337 e. The molecule has 0 aliphatic heterocycles. The molecule has 0 fully saturated rings. The molecular weight excluding hydrogens is 319 g/mol. The average molecular weight is 336 g/mol. The fraction of sp³-hybridized carbons (Fsp3) is 0.105. The lowest BCUT2D eigenvalue weighted by molar-refractivity contribution is 0.0784. The van der Waals surface area contributed by atoms with E-state index in [9.17, 15) is 9.18 Å².